The van der Waals surface area contributed by atoms with Gasteiger partial charge in [-0.2, -0.15) is 0 Å². The Morgan fingerprint density at radius 2 is 1.45 bits per heavy atom. The Labute approximate surface area is 179 Å². The van der Waals surface area contributed by atoms with Crippen LogP contribution in [0.3, 0.4) is 0 Å². The molecule has 0 saturated heterocycles. The van der Waals surface area contributed by atoms with Crippen LogP contribution in [0.1, 0.15) is 10.4 Å². The third-order valence-corrected chi connectivity index (χ3v) is 4.93. The first-order valence-electron chi connectivity index (χ1n) is 9.93. The monoisotopic (exact) mass is 405 g/mol. The number of hydrogen-bond acceptors (Lipinski definition) is 3. The van der Waals surface area contributed by atoms with Gasteiger partial charge in [0.2, 0.25) is 0 Å². The number of rotatable bonds is 5. The highest BCUT2D eigenvalue weighted by Crippen LogP contribution is 2.24. The van der Waals surface area contributed by atoms with Crippen LogP contribution in [-0.2, 0) is 0 Å². The maximum Gasteiger partial charge on any atom is 0.255 e. The van der Waals surface area contributed by atoms with Crippen molar-refractivity contribution >= 4 is 22.6 Å². The van der Waals surface area contributed by atoms with Crippen molar-refractivity contribution in [1.29, 1.82) is 0 Å². The molecule has 0 spiro atoms. The molecule has 0 radical (unpaired) electrons. The first-order chi connectivity index (χ1) is 15.3. The van der Waals surface area contributed by atoms with Crippen molar-refractivity contribution in [2.45, 2.75) is 0 Å². The van der Waals surface area contributed by atoms with E-state index in [1.54, 1.807) is 12.4 Å². The van der Waals surface area contributed by atoms with Crippen molar-refractivity contribution in [3.05, 3.63) is 115 Å². The largest absolute Gasteiger partial charge is 0.457 e. The molecule has 0 aliphatic heterocycles. The highest BCUT2D eigenvalue weighted by atomic mass is 16.5. The first kappa shape index (κ1) is 18.6. The number of carbonyl (C=O) groups excluding carboxylic acids is 1. The average Bonchev–Trinajstić information content (AvgIpc) is 3.25. The van der Waals surface area contributed by atoms with Crippen molar-refractivity contribution in [2.24, 2.45) is 0 Å². The van der Waals surface area contributed by atoms with Gasteiger partial charge < -0.3 is 10.1 Å². The summed E-state index contributed by atoms with van der Waals surface area (Å²) in [5.41, 5.74) is 3.99. The predicted molar refractivity (Wildman–Crippen MR) is 122 cm³/mol. The van der Waals surface area contributed by atoms with Gasteiger partial charge in [-0.05, 0) is 66.7 Å². The number of benzene rings is 4. The number of para-hydroxylation sites is 2. The van der Waals surface area contributed by atoms with E-state index in [-0.39, 0.29) is 5.91 Å². The summed E-state index contributed by atoms with van der Waals surface area (Å²) in [6.45, 7) is 0. The Kier molecular flexibility index (Phi) is 4.91. The van der Waals surface area contributed by atoms with Gasteiger partial charge in [-0.25, -0.2) is 4.98 Å². The van der Waals surface area contributed by atoms with E-state index in [0.717, 1.165) is 22.5 Å². The third kappa shape index (κ3) is 4.02. The second kappa shape index (κ2) is 8.16. The quantitative estimate of drug-likeness (QED) is 0.386. The lowest BCUT2D eigenvalue weighted by Gasteiger charge is -2.08. The van der Waals surface area contributed by atoms with E-state index in [2.05, 4.69) is 10.3 Å². The molecule has 0 atom stereocenters. The summed E-state index contributed by atoms with van der Waals surface area (Å²) in [5, 5.41) is 2.92. The van der Waals surface area contributed by atoms with Crippen LogP contribution in [0, 0.1) is 0 Å². The molecule has 5 heteroatoms. The second-order valence-electron chi connectivity index (χ2n) is 7.05. The molecular weight excluding hydrogens is 386 g/mol. The first-order valence-corrected chi connectivity index (χ1v) is 9.93. The van der Waals surface area contributed by atoms with E-state index in [9.17, 15) is 4.79 Å². The van der Waals surface area contributed by atoms with Gasteiger partial charge in [0.1, 0.15) is 17.8 Å². The molecule has 31 heavy (non-hydrogen) atoms. The van der Waals surface area contributed by atoms with E-state index in [1.165, 1.54) is 0 Å². The summed E-state index contributed by atoms with van der Waals surface area (Å²) in [7, 11) is 0. The molecule has 4 aromatic carbocycles. The van der Waals surface area contributed by atoms with E-state index < -0.39 is 0 Å². The number of nitrogens with one attached hydrogen (secondary N) is 1. The number of nitrogens with zero attached hydrogens (tertiary/aromatic N) is 2. The maximum absolute atomic E-state index is 12.7. The van der Waals surface area contributed by atoms with Crippen LogP contribution in [0.4, 0.5) is 5.69 Å². The number of imidazole rings is 1. The van der Waals surface area contributed by atoms with Crippen molar-refractivity contribution in [1.82, 2.24) is 9.55 Å². The minimum absolute atomic E-state index is 0.187. The number of anilines is 1. The SMILES string of the molecule is O=C(Nc1ccc(Oc2ccccc2)cc1)c1ccc2c(c1)ncn2-c1ccccc1. The van der Waals surface area contributed by atoms with Crippen LogP contribution in [0.15, 0.2) is 109 Å². The molecule has 1 aromatic heterocycles. The summed E-state index contributed by atoms with van der Waals surface area (Å²) in [6.07, 6.45) is 1.77. The highest BCUT2D eigenvalue weighted by molar-refractivity contribution is 6.06. The zero-order valence-electron chi connectivity index (χ0n) is 16.6. The van der Waals surface area contributed by atoms with E-state index >= 15 is 0 Å². The fraction of sp³-hybridized carbons (Fsp3) is 0. The number of hydrogen-bond donors (Lipinski definition) is 1. The lowest BCUT2D eigenvalue weighted by atomic mass is 10.1. The molecule has 5 nitrogen and oxygen atoms in total. The van der Waals surface area contributed by atoms with E-state index in [4.69, 9.17) is 4.74 Å². The zero-order chi connectivity index (χ0) is 21.0. The molecule has 5 aromatic rings. The Bertz CT molecular complexity index is 1330. The summed E-state index contributed by atoms with van der Waals surface area (Å²) in [4.78, 5) is 17.2. The topological polar surface area (TPSA) is 56.1 Å². The minimum atomic E-state index is -0.187. The molecule has 0 aliphatic rings. The summed E-state index contributed by atoms with van der Waals surface area (Å²) >= 11 is 0. The van der Waals surface area contributed by atoms with Crippen LogP contribution in [-0.4, -0.2) is 15.5 Å². The normalized spacial score (nSPS) is 10.7. The highest BCUT2D eigenvalue weighted by Gasteiger charge is 2.11. The van der Waals surface area contributed by atoms with Crippen LogP contribution in [0.2, 0.25) is 0 Å². The van der Waals surface area contributed by atoms with Gasteiger partial charge in [-0.15, -0.1) is 0 Å². The van der Waals surface area contributed by atoms with Gasteiger partial charge in [0, 0.05) is 16.9 Å². The fourth-order valence-corrected chi connectivity index (χ4v) is 3.38. The van der Waals surface area contributed by atoms with Gasteiger partial charge in [0.05, 0.1) is 11.0 Å². The predicted octanol–water partition coefficient (Wildman–Crippen LogP) is 6.07. The van der Waals surface area contributed by atoms with Crippen LogP contribution in [0.25, 0.3) is 16.7 Å². The molecule has 5 rings (SSSR count). The molecule has 150 valence electrons. The Hall–Kier alpha value is -4.38. The third-order valence-electron chi connectivity index (χ3n) is 4.93. The molecule has 0 bridgehead atoms. The standard InChI is InChI=1S/C26H19N3O2/c30-26(28-20-12-14-23(15-13-20)31-22-9-5-2-6-10-22)19-11-16-25-24(17-19)27-18-29(25)21-7-3-1-4-8-21/h1-18H,(H,28,30). The van der Waals surface area contributed by atoms with E-state index in [1.807, 2.05) is 102 Å². The summed E-state index contributed by atoms with van der Waals surface area (Å²) in [6, 6.07) is 32.4. The second-order valence-corrected chi connectivity index (χ2v) is 7.05. The lowest BCUT2D eigenvalue weighted by molar-refractivity contribution is 0.102. The molecule has 1 heterocycles. The van der Waals surface area contributed by atoms with Gasteiger partial charge in [0.25, 0.3) is 5.91 Å². The maximum atomic E-state index is 12.7. The van der Waals surface area contributed by atoms with Gasteiger partial charge in [-0.3, -0.25) is 9.36 Å². The van der Waals surface area contributed by atoms with Gasteiger partial charge in [-0.1, -0.05) is 36.4 Å². The Morgan fingerprint density at radius 1 is 0.774 bits per heavy atom. The zero-order valence-corrected chi connectivity index (χ0v) is 16.6. The van der Waals surface area contributed by atoms with Crippen LogP contribution in [0.5, 0.6) is 11.5 Å². The van der Waals surface area contributed by atoms with E-state index in [0.29, 0.717) is 17.0 Å². The number of aromatic nitrogens is 2. The molecule has 1 N–H and O–H groups in total. The van der Waals surface area contributed by atoms with Gasteiger partial charge in [0.15, 0.2) is 0 Å². The molecule has 0 aliphatic carbocycles. The van der Waals surface area contributed by atoms with Crippen molar-refractivity contribution in [3.63, 3.8) is 0 Å². The van der Waals surface area contributed by atoms with Crippen molar-refractivity contribution in [3.8, 4) is 17.2 Å². The van der Waals surface area contributed by atoms with Crippen molar-refractivity contribution in [2.75, 3.05) is 5.32 Å². The minimum Gasteiger partial charge on any atom is -0.457 e. The molecule has 0 saturated carbocycles. The molecular formula is C26H19N3O2. The number of carbonyl (C=O) groups is 1. The lowest BCUT2D eigenvalue weighted by Crippen LogP contribution is -2.11. The van der Waals surface area contributed by atoms with Crippen molar-refractivity contribution < 1.29 is 9.53 Å². The Balaban J connectivity index is 1.31. The fourth-order valence-electron chi connectivity index (χ4n) is 3.38. The summed E-state index contributed by atoms with van der Waals surface area (Å²) < 4.78 is 7.79. The number of ether oxygens (including phenoxy) is 1. The average molecular weight is 405 g/mol. The smallest absolute Gasteiger partial charge is 0.255 e. The molecule has 0 unspecified atom stereocenters. The van der Waals surface area contributed by atoms with Gasteiger partial charge >= 0.3 is 0 Å². The van der Waals surface area contributed by atoms with Crippen LogP contribution < -0.4 is 10.1 Å². The summed E-state index contributed by atoms with van der Waals surface area (Å²) in [5.74, 6) is 1.28. The number of fused-ring (bicyclic) bond motifs is 1. The van der Waals surface area contributed by atoms with Crippen LogP contribution >= 0.6 is 0 Å². The number of amides is 1. The molecule has 1 amide bonds. The molecule has 0 fully saturated rings. The Morgan fingerprint density at radius 3 is 2.19 bits per heavy atom.